The first kappa shape index (κ1) is 15.1. The number of nitrogens with two attached hydrogens (primary N) is 2. The summed E-state index contributed by atoms with van der Waals surface area (Å²) in [5, 5.41) is 0. The van der Waals surface area contributed by atoms with Crippen molar-refractivity contribution in [1.82, 2.24) is 9.29 Å². The van der Waals surface area contributed by atoms with E-state index in [1.807, 2.05) is 0 Å². The number of hydrogen-bond acceptors (Lipinski definition) is 4. The second-order valence-corrected chi connectivity index (χ2v) is 6.37. The van der Waals surface area contributed by atoms with Crippen LogP contribution in [0.4, 0.5) is 5.69 Å². The average molecular weight is 308 g/mol. The van der Waals surface area contributed by atoms with E-state index in [4.69, 9.17) is 11.5 Å². The third-order valence-electron chi connectivity index (χ3n) is 2.99. The van der Waals surface area contributed by atoms with Gasteiger partial charge in [-0.1, -0.05) is 12.1 Å². The normalized spacial score (nSPS) is 11.5. The summed E-state index contributed by atoms with van der Waals surface area (Å²) in [6.07, 6.45) is 1.34. The maximum atomic E-state index is 12.2. The second kappa shape index (κ2) is 5.58. The Kier molecular flexibility index (Phi) is 4.01. The number of nitrogens with zero attached hydrogens (tertiary/aromatic N) is 1. The Labute approximate surface area is 122 Å². The maximum absolute atomic E-state index is 12.2. The van der Waals surface area contributed by atoms with Gasteiger partial charge in [0.25, 0.3) is 5.91 Å². The van der Waals surface area contributed by atoms with E-state index in [1.54, 1.807) is 31.3 Å². The van der Waals surface area contributed by atoms with Gasteiger partial charge in [0.1, 0.15) is 10.6 Å². The number of carbonyl (C=O) groups is 1. The average Bonchev–Trinajstić information content (AvgIpc) is 2.81. The minimum absolute atomic E-state index is 0.00533. The fraction of sp³-hybridized carbons (Fsp3) is 0.154. The molecule has 0 atom stereocenters. The highest BCUT2D eigenvalue weighted by atomic mass is 32.2. The van der Waals surface area contributed by atoms with Crippen LogP contribution in [0, 0.1) is 0 Å². The van der Waals surface area contributed by atoms with E-state index in [0.29, 0.717) is 5.69 Å². The summed E-state index contributed by atoms with van der Waals surface area (Å²) in [4.78, 5) is 11.1. The second-order valence-electron chi connectivity index (χ2n) is 4.60. The Bertz CT molecular complexity index is 763. The molecule has 0 aliphatic heterocycles. The standard InChI is InChI=1S/C13H16N4O3S/c1-17-8-11(6-12(17)13(15)18)21(19,20)16-7-9-2-4-10(14)5-3-9/h2-6,8,16H,7,14H2,1H3,(H2,15,18). The molecule has 1 amide bonds. The number of hydrogen-bond donors (Lipinski definition) is 3. The van der Waals surface area contributed by atoms with Gasteiger partial charge in [-0.25, -0.2) is 13.1 Å². The van der Waals surface area contributed by atoms with Crippen molar-refractivity contribution in [2.24, 2.45) is 12.8 Å². The number of nitrogen functional groups attached to an aromatic ring is 1. The highest BCUT2D eigenvalue weighted by molar-refractivity contribution is 7.89. The zero-order valence-electron chi connectivity index (χ0n) is 11.4. The van der Waals surface area contributed by atoms with Crippen LogP contribution in [-0.4, -0.2) is 18.9 Å². The molecule has 2 rings (SSSR count). The molecule has 0 aliphatic rings. The first-order chi connectivity index (χ1) is 9.79. The van der Waals surface area contributed by atoms with Crippen LogP contribution >= 0.6 is 0 Å². The third-order valence-corrected chi connectivity index (χ3v) is 4.36. The Morgan fingerprint density at radius 2 is 1.90 bits per heavy atom. The van der Waals surface area contributed by atoms with Gasteiger partial charge in [-0.15, -0.1) is 0 Å². The molecule has 0 spiro atoms. The molecule has 0 fully saturated rings. The number of anilines is 1. The SMILES string of the molecule is Cn1cc(S(=O)(=O)NCc2ccc(N)cc2)cc1C(N)=O. The largest absolute Gasteiger partial charge is 0.399 e. The fourth-order valence-corrected chi connectivity index (χ4v) is 2.91. The van der Waals surface area contributed by atoms with E-state index in [0.717, 1.165) is 5.56 Å². The molecule has 5 N–H and O–H groups in total. The topological polar surface area (TPSA) is 120 Å². The number of amides is 1. The van der Waals surface area contributed by atoms with Gasteiger partial charge in [0, 0.05) is 25.5 Å². The van der Waals surface area contributed by atoms with Crippen LogP contribution in [0.25, 0.3) is 0 Å². The molecule has 0 saturated carbocycles. The molecule has 112 valence electrons. The molecule has 0 aliphatic carbocycles. The van der Waals surface area contributed by atoms with E-state index in [1.165, 1.54) is 16.8 Å². The van der Waals surface area contributed by atoms with Crippen molar-refractivity contribution in [2.75, 3.05) is 5.73 Å². The van der Waals surface area contributed by atoms with Crippen molar-refractivity contribution in [3.8, 4) is 0 Å². The Morgan fingerprint density at radius 1 is 1.29 bits per heavy atom. The van der Waals surface area contributed by atoms with E-state index in [2.05, 4.69) is 4.72 Å². The number of aromatic nitrogens is 1. The summed E-state index contributed by atoms with van der Waals surface area (Å²) in [7, 11) is -2.16. The summed E-state index contributed by atoms with van der Waals surface area (Å²) in [5.41, 5.74) is 12.2. The van der Waals surface area contributed by atoms with Crippen LogP contribution < -0.4 is 16.2 Å². The van der Waals surface area contributed by atoms with E-state index in [9.17, 15) is 13.2 Å². The van der Waals surface area contributed by atoms with Gasteiger partial charge < -0.3 is 16.0 Å². The molecule has 1 aromatic carbocycles. The molecule has 0 radical (unpaired) electrons. The van der Waals surface area contributed by atoms with Gasteiger partial charge in [0.05, 0.1) is 0 Å². The van der Waals surface area contributed by atoms with Crippen LogP contribution in [0.5, 0.6) is 0 Å². The van der Waals surface area contributed by atoms with Crippen molar-refractivity contribution < 1.29 is 13.2 Å². The smallest absolute Gasteiger partial charge is 0.265 e. The number of sulfonamides is 1. The molecule has 0 bridgehead atoms. The van der Waals surface area contributed by atoms with Crippen LogP contribution in [0.15, 0.2) is 41.4 Å². The minimum Gasteiger partial charge on any atom is -0.399 e. The zero-order chi connectivity index (χ0) is 15.6. The van der Waals surface area contributed by atoms with Crippen molar-refractivity contribution in [3.05, 3.63) is 47.8 Å². The Hall–Kier alpha value is -2.32. The van der Waals surface area contributed by atoms with Crippen LogP contribution in [0.3, 0.4) is 0 Å². The molecule has 21 heavy (non-hydrogen) atoms. The zero-order valence-corrected chi connectivity index (χ0v) is 12.2. The molecule has 8 heteroatoms. The van der Waals surface area contributed by atoms with Crippen LogP contribution in [0.1, 0.15) is 16.1 Å². The molecule has 1 heterocycles. The Morgan fingerprint density at radius 3 is 2.43 bits per heavy atom. The predicted molar refractivity (Wildman–Crippen MR) is 78.8 cm³/mol. The quantitative estimate of drug-likeness (QED) is 0.682. The lowest BCUT2D eigenvalue weighted by molar-refractivity contribution is 0.0992. The molecule has 0 saturated heterocycles. The van der Waals surface area contributed by atoms with E-state index < -0.39 is 15.9 Å². The van der Waals surface area contributed by atoms with Crippen LogP contribution in [0.2, 0.25) is 0 Å². The number of nitrogens with one attached hydrogen (secondary N) is 1. The van der Waals surface area contributed by atoms with Gasteiger partial charge in [-0.2, -0.15) is 0 Å². The van der Waals surface area contributed by atoms with Crippen molar-refractivity contribution in [3.63, 3.8) is 0 Å². The number of aryl methyl sites for hydroxylation is 1. The lowest BCUT2D eigenvalue weighted by atomic mass is 10.2. The van der Waals surface area contributed by atoms with Gasteiger partial charge in [-0.05, 0) is 23.8 Å². The minimum atomic E-state index is -3.71. The maximum Gasteiger partial charge on any atom is 0.265 e. The fourth-order valence-electron chi connectivity index (χ4n) is 1.82. The summed E-state index contributed by atoms with van der Waals surface area (Å²) in [6, 6.07) is 8.09. The van der Waals surface area contributed by atoms with Gasteiger partial charge >= 0.3 is 0 Å². The Balaban J connectivity index is 2.17. The molecular weight excluding hydrogens is 292 g/mol. The van der Waals surface area contributed by atoms with E-state index >= 15 is 0 Å². The highest BCUT2D eigenvalue weighted by Crippen LogP contribution is 2.14. The van der Waals surface area contributed by atoms with Crippen molar-refractivity contribution >= 4 is 21.6 Å². The lowest BCUT2D eigenvalue weighted by Crippen LogP contribution is -2.22. The molecule has 0 unspecified atom stereocenters. The monoisotopic (exact) mass is 308 g/mol. The summed E-state index contributed by atoms with van der Waals surface area (Å²) in [5.74, 6) is -0.683. The van der Waals surface area contributed by atoms with Gasteiger partial charge in [0.15, 0.2) is 0 Å². The molecule has 2 aromatic rings. The van der Waals surface area contributed by atoms with E-state index in [-0.39, 0.29) is 17.1 Å². The number of benzene rings is 1. The van der Waals surface area contributed by atoms with Gasteiger partial charge in [0.2, 0.25) is 10.0 Å². The number of carbonyl (C=O) groups excluding carboxylic acids is 1. The summed E-state index contributed by atoms with van der Waals surface area (Å²) >= 11 is 0. The first-order valence-corrected chi connectivity index (χ1v) is 7.58. The molecule has 1 aromatic heterocycles. The van der Waals surface area contributed by atoms with Crippen LogP contribution in [-0.2, 0) is 23.6 Å². The van der Waals surface area contributed by atoms with Gasteiger partial charge in [-0.3, -0.25) is 4.79 Å². The summed E-state index contributed by atoms with van der Waals surface area (Å²) < 4.78 is 28.2. The predicted octanol–water partition coefficient (Wildman–Crippen LogP) is 0.185. The third kappa shape index (κ3) is 3.41. The highest BCUT2D eigenvalue weighted by Gasteiger charge is 2.19. The number of primary amides is 1. The van der Waals surface area contributed by atoms with Crippen molar-refractivity contribution in [1.29, 1.82) is 0 Å². The molecular formula is C13H16N4O3S. The van der Waals surface area contributed by atoms with Crippen molar-refractivity contribution in [2.45, 2.75) is 11.4 Å². The molecule has 7 nitrogen and oxygen atoms in total. The summed E-state index contributed by atoms with van der Waals surface area (Å²) in [6.45, 7) is 0.128. The lowest BCUT2D eigenvalue weighted by Gasteiger charge is -2.05. The number of rotatable bonds is 5. The first-order valence-electron chi connectivity index (χ1n) is 6.10.